The van der Waals surface area contributed by atoms with E-state index < -0.39 is 17.6 Å². The molecule has 0 saturated heterocycles. The molecule has 0 radical (unpaired) electrons. The molecule has 0 aliphatic rings. The molecule has 0 spiro atoms. The molecule has 0 heterocycles. The maximum absolute atomic E-state index is 13.7. The summed E-state index contributed by atoms with van der Waals surface area (Å²) < 4.78 is 19.9. The van der Waals surface area contributed by atoms with Crippen LogP contribution in [-0.2, 0) is 16.1 Å². The lowest BCUT2D eigenvalue weighted by Crippen LogP contribution is -2.35. The van der Waals surface area contributed by atoms with Gasteiger partial charge < -0.3 is 15.4 Å². The van der Waals surface area contributed by atoms with Crippen LogP contribution >= 0.6 is 15.9 Å². The van der Waals surface area contributed by atoms with Crippen molar-refractivity contribution < 1.29 is 18.7 Å². The summed E-state index contributed by atoms with van der Waals surface area (Å²) in [6.45, 7) is 3.92. The van der Waals surface area contributed by atoms with Crippen LogP contribution < -0.4 is 15.4 Å². The van der Waals surface area contributed by atoms with E-state index in [-0.39, 0.29) is 18.3 Å². The molecule has 0 aliphatic carbocycles. The second-order valence-corrected chi connectivity index (χ2v) is 6.45. The van der Waals surface area contributed by atoms with E-state index >= 15 is 0 Å². The third kappa shape index (κ3) is 5.56. The normalized spacial score (nSPS) is 10.4. The van der Waals surface area contributed by atoms with Gasteiger partial charge in [0, 0.05) is 16.6 Å². The summed E-state index contributed by atoms with van der Waals surface area (Å²) in [6, 6.07) is 11.4. The fraction of sp³-hybridized carbons (Fsp3) is 0.222. The number of carbonyl (C=O) groups excluding carboxylic acids is 2. The van der Waals surface area contributed by atoms with Crippen LogP contribution in [0.4, 0.5) is 10.1 Å². The minimum Gasteiger partial charge on any atom is -0.491 e. The Kier molecular flexibility index (Phi) is 6.52. The Morgan fingerprint density at radius 3 is 2.56 bits per heavy atom. The fourth-order valence-corrected chi connectivity index (χ4v) is 2.38. The van der Waals surface area contributed by atoms with E-state index in [0.29, 0.717) is 10.2 Å². The van der Waals surface area contributed by atoms with Gasteiger partial charge in [-0.3, -0.25) is 9.59 Å². The highest BCUT2D eigenvalue weighted by atomic mass is 79.9. The van der Waals surface area contributed by atoms with E-state index in [1.165, 1.54) is 12.1 Å². The molecule has 2 aromatic rings. The molecule has 2 N–H and O–H groups in total. The molecular weight excluding hydrogens is 391 g/mol. The van der Waals surface area contributed by atoms with E-state index in [0.717, 1.165) is 5.56 Å². The second-order valence-electron chi connectivity index (χ2n) is 5.54. The summed E-state index contributed by atoms with van der Waals surface area (Å²) in [6.07, 6.45) is -0.0134. The molecular formula is C18H18BrFN2O3. The number of hydrogen-bond acceptors (Lipinski definition) is 3. The predicted molar refractivity (Wildman–Crippen MR) is 96.8 cm³/mol. The smallest absolute Gasteiger partial charge is 0.313 e. The summed E-state index contributed by atoms with van der Waals surface area (Å²) >= 11 is 3.12. The number of anilines is 1. The van der Waals surface area contributed by atoms with Crippen LogP contribution in [0.15, 0.2) is 46.9 Å². The first kappa shape index (κ1) is 18.9. The van der Waals surface area contributed by atoms with Crippen molar-refractivity contribution in [1.82, 2.24) is 5.32 Å². The van der Waals surface area contributed by atoms with Gasteiger partial charge in [-0.25, -0.2) is 4.39 Å². The summed E-state index contributed by atoms with van der Waals surface area (Å²) in [5.41, 5.74) is 0.680. The molecule has 0 fully saturated rings. The van der Waals surface area contributed by atoms with E-state index in [2.05, 4.69) is 26.6 Å². The number of benzene rings is 2. The molecule has 0 atom stereocenters. The Labute approximate surface area is 153 Å². The van der Waals surface area contributed by atoms with E-state index in [1.807, 2.05) is 26.0 Å². The summed E-state index contributed by atoms with van der Waals surface area (Å²) in [5, 5.41) is 4.74. The van der Waals surface area contributed by atoms with Crippen molar-refractivity contribution in [3.8, 4) is 5.75 Å². The van der Waals surface area contributed by atoms with Crippen LogP contribution in [-0.4, -0.2) is 17.9 Å². The monoisotopic (exact) mass is 408 g/mol. The topological polar surface area (TPSA) is 67.4 Å². The maximum atomic E-state index is 13.7. The number of halogens is 2. The van der Waals surface area contributed by atoms with Crippen molar-refractivity contribution in [3.63, 3.8) is 0 Å². The first-order chi connectivity index (χ1) is 11.9. The fourth-order valence-electron chi connectivity index (χ4n) is 2.04. The Balaban J connectivity index is 1.97. The maximum Gasteiger partial charge on any atom is 0.313 e. The summed E-state index contributed by atoms with van der Waals surface area (Å²) in [7, 11) is 0. The zero-order chi connectivity index (χ0) is 18.4. The van der Waals surface area contributed by atoms with E-state index in [9.17, 15) is 14.0 Å². The minimum atomic E-state index is -0.941. The largest absolute Gasteiger partial charge is 0.491 e. The number of carbonyl (C=O) groups is 2. The molecule has 2 aromatic carbocycles. The molecule has 25 heavy (non-hydrogen) atoms. The molecule has 0 bridgehead atoms. The highest BCUT2D eigenvalue weighted by Crippen LogP contribution is 2.20. The minimum absolute atomic E-state index is 0.0134. The first-order valence-corrected chi connectivity index (χ1v) is 8.45. The molecule has 0 aromatic heterocycles. The van der Waals surface area contributed by atoms with Crippen molar-refractivity contribution in [2.75, 3.05) is 5.32 Å². The average Bonchev–Trinajstić information content (AvgIpc) is 2.55. The number of para-hydroxylation sites is 1. The number of hydrogen-bond donors (Lipinski definition) is 2. The van der Waals surface area contributed by atoms with E-state index in [1.54, 1.807) is 18.2 Å². The van der Waals surface area contributed by atoms with Gasteiger partial charge in [0.05, 0.1) is 11.8 Å². The van der Waals surface area contributed by atoms with E-state index in [4.69, 9.17) is 4.74 Å². The van der Waals surface area contributed by atoms with Crippen molar-refractivity contribution in [3.05, 3.63) is 58.3 Å². The third-order valence-electron chi connectivity index (χ3n) is 3.16. The van der Waals surface area contributed by atoms with Gasteiger partial charge in [0.15, 0.2) is 0 Å². The third-order valence-corrected chi connectivity index (χ3v) is 3.65. The Hall–Kier alpha value is -2.41. The quantitative estimate of drug-likeness (QED) is 0.742. The van der Waals surface area contributed by atoms with Gasteiger partial charge >= 0.3 is 11.8 Å². The highest BCUT2D eigenvalue weighted by molar-refractivity contribution is 9.10. The van der Waals surface area contributed by atoms with Crippen LogP contribution in [0.2, 0.25) is 0 Å². The standard InChI is InChI=1S/C18H18BrFN2O3/c1-11(2)25-16-6-4-3-5-12(16)10-21-17(23)18(24)22-15-8-7-13(19)9-14(15)20/h3-9,11H,10H2,1-2H3,(H,21,23)(H,22,24). The zero-order valence-electron chi connectivity index (χ0n) is 13.8. The first-order valence-electron chi connectivity index (χ1n) is 7.65. The molecule has 0 saturated carbocycles. The number of ether oxygens (including phenoxy) is 1. The average molecular weight is 409 g/mol. The number of amides is 2. The second kappa shape index (κ2) is 8.62. The number of rotatable bonds is 5. The predicted octanol–water partition coefficient (Wildman–Crippen LogP) is 3.63. The van der Waals surface area contributed by atoms with Gasteiger partial charge in [-0.2, -0.15) is 0 Å². The lowest BCUT2D eigenvalue weighted by atomic mass is 10.2. The van der Waals surface area contributed by atoms with Gasteiger partial charge in [-0.05, 0) is 38.1 Å². The van der Waals surface area contributed by atoms with Crippen molar-refractivity contribution >= 4 is 33.4 Å². The van der Waals surface area contributed by atoms with Gasteiger partial charge in [0.25, 0.3) is 0 Å². The van der Waals surface area contributed by atoms with Gasteiger partial charge in [-0.1, -0.05) is 34.1 Å². The molecule has 0 aliphatic heterocycles. The molecule has 2 rings (SSSR count). The Morgan fingerprint density at radius 2 is 1.88 bits per heavy atom. The Bertz CT molecular complexity index is 781. The molecule has 132 valence electrons. The van der Waals surface area contributed by atoms with Crippen LogP contribution in [0.5, 0.6) is 5.75 Å². The van der Waals surface area contributed by atoms with Gasteiger partial charge in [-0.15, -0.1) is 0 Å². The van der Waals surface area contributed by atoms with Crippen molar-refractivity contribution in [2.45, 2.75) is 26.5 Å². The molecule has 0 unspecified atom stereocenters. The SMILES string of the molecule is CC(C)Oc1ccccc1CNC(=O)C(=O)Nc1ccc(Br)cc1F. The summed E-state index contributed by atoms with van der Waals surface area (Å²) in [5.74, 6) is -1.80. The lowest BCUT2D eigenvalue weighted by Gasteiger charge is -2.14. The van der Waals surface area contributed by atoms with Gasteiger partial charge in [0.2, 0.25) is 0 Å². The van der Waals surface area contributed by atoms with Gasteiger partial charge in [0.1, 0.15) is 11.6 Å². The van der Waals surface area contributed by atoms with Crippen LogP contribution in [0.25, 0.3) is 0 Å². The van der Waals surface area contributed by atoms with Crippen LogP contribution in [0.3, 0.4) is 0 Å². The molecule has 5 nitrogen and oxygen atoms in total. The van der Waals surface area contributed by atoms with Crippen LogP contribution in [0, 0.1) is 5.82 Å². The Morgan fingerprint density at radius 1 is 1.16 bits per heavy atom. The van der Waals surface area contributed by atoms with Crippen molar-refractivity contribution in [1.29, 1.82) is 0 Å². The van der Waals surface area contributed by atoms with Crippen LogP contribution in [0.1, 0.15) is 19.4 Å². The lowest BCUT2D eigenvalue weighted by molar-refractivity contribution is -0.136. The molecule has 2 amide bonds. The zero-order valence-corrected chi connectivity index (χ0v) is 15.4. The molecule has 7 heteroatoms. The highest BCUT2D eigenvalue weighted by Gasteiger charge is 2.16. The number of nitrogens with one attached hydrogen (secondary N) is 2. The summed E-state index contributed by atoms with van der Waals surface area (Å²) in [4.78, 5) is 23.8. The van der Waals surface area contributed by atoms with Crippen molar-refractivity contribution in [2.24, 2.45) is 0 Å².